The monoisotopic (exact) mass is 272 g/mol. The van der Waals surface area contributed by atoms with Crippen LogP contribution < -0.4 is 10.1 Å². The number of nitrogens with one attached hydrogen (secondary N) is 1. The summed E-state index contributed by atoms with van der Waals surface area (Å²) in [7, 11) is 0. The Balaban J connectivity index is 1.59. The van der Waals surface area contributed by atoms with Gasteiger partial charge in [-0.3, -0.25) is 4.79 Å². The van der Waals surface area contributed by atoms with Crippen LogP contribution in [0.5, 0.6) is 5.75 Å². The van der Waals surface area contributed by atoms with Crippen LogP contribution >= 0.6 is 0 Å². The van der Waals surface area contributed by atoms with Crippen molar-refractivity contribution in [1.29, 1.82) is 0 Å². The molecule has 0 spiro atoms. The lowest BCUT2D eigenvalue weighted by atomic mass is 9.90. The number of benzene rings is 1. The number of amides is 1. The van der Waals surface area contributed by atoms with Gasteiger partial charge in [0.05, 0.1) is 0 Å². The fourth-order valence-electron chi connectivity index (χ4n) is 3.91. The van der Waals surface area contributed by atoms with Crippen LogP contribution in [0.2, 0.25) is 0 Å². The number of hydrogen-bond acceptors (Lipinski definition) is 3. The Labute approximate surface area is 119 Å². The number of fused-ring (bicyclic) bond motifs is 2. The third-order valence-electron chi connectivity index (χ3n) is 4.96. The molecule has 2 saturated heterocycles. The predicted octanol–water partition coefficient (Wildman–Crippen LogP) is 1.37. The molecule has 1 aromatic rings. The predicted molar refractivity (Wildman–Crippen MR) is 75.8 cm³/mol. The minimum absolute atomic E-state index is 0.106. The zero-order valence-corrected chi connectivity index (χ0v) is 11.5. The average Bonchev–Trinajstić information content (AvgIpc) is 3.12. The lowest BCUT2D eigenvalue weighted by Gasteiger charge is -2.38. The van der Waals surface area contributed by atoms with Crippen LogP contribution in [-0.2, 0) is 4.79 Å². The zero-order chi connectivity index (χ0) is 13.5. The molecule has 1 amide bonds. The van der Waals surface area contributed by atoms with Gasteiger partial charge in [0.15, 0.2) is 0 Å². The molecule has 1 aromatic carbocycles. The maximum Gasteiger partial charge on any atom is 0.234 e. The van der Waals surface area contributed by atoms with Gasteiger partial charge in [0, 0.05) is 31.2 Å². The normalized spacial score (nSPS) is 31.6. The smallest absolute Gasteiger partial charge is 0.234 e. The summed E-state index contributed by atoms with van der Waals surface area (Å²) in [5.41, 5.74) is 1.06. The Kier molecular flexibility index (Phi) is 2.91. The summed E-state index contributed by atoms with van der Waals surface area (Å²) < 4.78 is 5.67. The SMILES string of the molecule is O=C(C1COc2ccccc21)N1CCCC2CNCC21. The van der Waals surface area contributed by atoms with E-state index in [4.69, 9.17) is 4.74 Å². The number of carbonyl (C=O) groups is 1. The number of nitrogens with zero attached hydrogens (tertiary/aromatic N) is 1. The molecule has 0 saturated carbocycles. The highest BCUT2D eigenvalue weighted by atomic mass is 16.5. The van der Waals surface area contributed by atoms with E-state index in [2.05, 4.69) is 10.2 Å². The first-order valence-electron chi connectivity index (χ1n) is 7.57. The molecule has 0 bridgehead atoms. The maximum absolute atomic E-state index is 12.9. The molecule has 3 heterocycles. The molecule has 4 nitrogen and oxygen atoms in total. The highest BCUT2D eigenvalue weighted by molar-refractivity contribution is 5.86. The third kappa shape index (κ3) is 1.82. The fourth-order valence-corrected chi connectivity index (χ4v) is 3.91. The van der Waals surface area contributed by atoms with Crippen molar-refractivity contribution < 1.29 is 9.53 Å². The number of para-hydroxylation sites is 1. The molecule has 0 radical (unpaired) electrons. The van der Waals surface area contributed by atoms with Crippen LogP contribution in [0.15, 0.2) is 24.3 Å². The number of rotatable bonds is 1. The Bertz CT molecular complexity index is 531. The van der Waals surface area contributed by atoms with Crippen molar-refractivity contribution in [3.63, 3.8) is 0 Å². The Morgan fingerprint density at radius 2 is 2.20 bits per heavy atom. The van der Waals surface area contributed by atoms with Gasteiger partial charge in [0.2, 0.25) is 5.91 Å². The molecule has 0 aromatic heterocycles. The topological polar surface area (TPSA) is 41.6 Å². The number of hydrogen-bond donors (Lipinski definition) is 1. The van der Waals surface area contributed by atoms with Crippen molar-refractivity contribution in [1.82, 2.24) is 10.2 Å². The van der Waals surface area contributed by atoms with Gasteiger partial charge < -0.3 is 15.0 Å². The van der Waals surface area contributed by atoms with E-state index in [-0.39, 0.29) is 11.8 Å². The van der Waals surface area contributed by atoms with Crippen LogP contribution in [0.4, 0.5) is 0 Å². The minimum Gasteiger partial charge on any atom is -0.492 e. The van der Waals surface area contributed by atoms with E-state index in [1.54, 1.807) is 0 Å². The van der Waals surface area contributed by atoms with Crippen molar-refractivity contribution in [2.75, 3.05) is 26.2 Å². The van der Waals surface area contributed by atoms with Crippen molar-refractivity contribution in [3.8, 4) is 5.75 Å². The van der Waals surface area contributed by atoms with Crippen LogP contribution in [0.1, 0.15) is 24.3 Å². The van der Waals surface area contributed by atoms with Gasteiger partial charge in [0.25, 0.3) is 0 Å². The lowest BCUT2D eigenvalue weighted by Crippen LogP contribution is -2.50. The van der Waals surface area contributed by atoms with Crippen LogP contribution in [0, 0.1) is 5.92 Å². The second-order valence-electron chi connectivity index (χ2n) is 6.06. The summed E-state index contributed by atoms with van der Waals surface area (Å²) in [6.07, 6.45) is 2.38. The van der Waals surface area contributed by atoms with Gasteiger partial charge in [-0.1, -0.05) is 18.2 Å². The van der Waals surface area contributed by atoms with E-state index >= 15 is 0 Å². The molecular weight excluding hydrogens is 252 g/mol. The number of piperidine rings is 1. The summed E-state index contributed by atoms with van der Waals surface area (Å²) in [6.45, 7) is 3.41. The van der Waals surface area contributed by atoms with Gasteiger partial charge >= 0.3 is 0 Å². The van der Waals surface area contributed by atoms with Crippen molar-refractivity contribution in [2.24, 2.45) is 5.92 Å². The molecule has 106 valence electrons. The van der Waals surface area contributed by atoms with Crippen LogP contribution in [-0.4, -0.2) is 43.1 Å². The van der Waals surface area contributed by atoms with Crippen LogP contribution in [0.25, 0.3) is 0 Å². The molecule has 3 atom stereocenters. The van der Waals surface area contributed by atoms with E-state index < -0.39 is 0 Å². The first-order valence-corrected chi connectivity index (χ1v) is 7.57. The van der Waals surface area contributed by atoms with Crippen molar-refractivity contribution in [3.05, 3.63) is 29.8 Å². The summed E-state index contributed by atoms with van der Waals surface area (Å²) >= 11 is 0. The zero-order valence-electron chi connectivity index (χ0n) is 11.5. The Morgan fingerprint density at radius 3 is 3.15 bits per heavy atom. The van der Waals surface area contributed by atoms with Gasteiger partial charge in [-0.2, -0.15) is 0 Å². The number of likely N-dealkylation sites (tertiary alicyclic amines) is 1. The van der Waals surface area contributed by atoms with Gasteiger partial charge in [0.1, 0.15) is 18.3 Å². The molecule has 20 heavy (non-hydrogen) atoms. The summed E-state index contributed by atoms with van der Waals surface area (Å²) in [5.74, 6) is 1.67. The molecule has 3 unspecified atom stereocenters. The standard InChI is InChI=1S/C16H20N2O2/c19-16(13-10-20-15-6-2-1-5-12(13)15)18-7-3-4-11-8-17-9-14(11)18/h1-2,5-6,11,13-14,17H,3-4,7-10H2. The molecule has 4 heteroatoms. The summed E-state index contributed by atoms with van der Waals surface area (Å²) in [5, 5.41) is 3.43. The first-order chi connectivity index (χ1) is 9.84. The molecular formula is C16H20N2O2. The van der Waals surface area contributed by atoms with Gasteiger partial charge in [-0.15, -0.1) is 0 Å². The van der Waals surface area contributed by atoms with Crippen LogP contribution in [0.3, 0.4) is 0 Å². The van der Waals surface area contributed by atoms with E-state index in [0.717, 1.165) is 37.4 Å². The molecule has 2 fully saturated rings. The molecule has 3 aliphatic heterocycles. The molecule has 0 aliphatic carbocycles. The lowest BCUT2D eigenvalue weighted by molar-refractivity contribution is -0.137. The second kappa shape index (κ2) is 4.77. The summed E-state index contributed by atoms with van der Waals surface area (Å²) in [6, 6.07) is 8.33. The number of ether oxygens (including phenoxy) is 1. The average molecular weight is 272 g/mol. The quantitative estimate of drug-likeness (QED) is 0.839. The second-order valence-corrected chi connectivity index (χ2v) is 6.06. The molecule has 3 aliphatic rings. The Morgan fingerprint density at radius 1 is 1.30 bits per heavy atom. The van der Waals surface area contributed by atoms with Crippen molar-refractivity contribution in [2.45, 2.75) is 24.8 Å². The fraction of sp³-hybridized carbons (Fsp3) is 0.562. The minimum atomic E-state index is -0.106. The maximum atomic E-state index is 12.9. The largest absolute Gasteiger partial charge is 0.492 e. The van der Waals surface area contributed by atoms with E-state index in [1.165, 1.54) is 6.42 Å². The summed E-state index contributed by atoms with van der Waals surface area (Å²) in [4.78, 5) is 15.0. The van der Waals surface area contributed by atoms with Crippen molar-refractivity contribution >= 4 is 5.91 Å². The van der Waals surface area contributed by atoms with E-state index in [1.807, 2.05) is 24.3 Å². The first kappa shape index (κ1) is 12.2. The Hall–Kier alpha value is -1.55. The highest BCUT2D eigenvalue weighted by Gasteiger charge is 2.41. The van der Waals surface area contributed by atoms with E-state index in [9.17, 15) is 4.79 Å². The molecule has 1 N–H and O–H groups in total. The van der Waals surface area contributed by atoms with Gasteiger partial charge in [-0.05, 0) is 24.8 Å². The van der Waals surface area contributed by atoms with Gasteiger partial charge in [-0.25, -0.2) is 0 Å². The molecule has 4 rings (SSSR count). The number of carbonyl (C=O) groups excluding carboxylic acids is 1. The van der Waals surface area contributed by atoms with E-state index in [0.29, 0.717) is 18.6 Å². The highest BCUT2D eigenvalue weighted by Crippen LogP contribution is 2.37. The third-order valence-corrected chi connectivity index (χ3v) is 4.96.